The third-order valence-corrected chi connectivity index (χ3v) is 9.71. The van der Waals surface area contributed by atoms with E-state index < -0.39 is 12.0 Å². The van der Waals surface area contributed by atoms with Crippen LogP contribution in [0.2, 0.25) is 5.02 Å². The van der Waals surface area contributed by atoms with Crippen LogP contribution in [-0.2, 0) is 16.1 Å². The number of allylic oxidation sites excluding steroid dienone is 1. The fourth-order valence-corrected chi connectivity index (χ4v) is 8.32. The molecule has 0 N–H and O–H groups in total. The van der Waals surface area contributed by atoms with Gasteiger partial charge in [-0.3, -0.25) is 9.36 Å². The second-order valence-electron chi connectivity index (χ2n) is 8.55. The molecule has 11 heteroatoms. The second kappa shape index (κ2) is 12.2. The van der Waals surface area contributed by atoms with E-state index in [1.807, 2.05) is 60.0 Å². The third kappa shape index (κ3) is 6.04. The van der Waals surface area contributed by atoms with E-state index in [-0.39, 0.29) is 12.2 Å². The van der Waals surface area contributed by atoms with Crippen molar-refractivity contribution >= 4 is 91.5 Å². The summed E-state index contributed by atoms with van der Waals surface area (Å²) in [7, 11) is 0. The Morgan fingerprint density at radius 2 is 1.90 bits per heavy atom. The molecule has 3 heterocycles. The van der Waals surface area contributed by atoms with Gasteiger partial charge in [-0.1, -0.05) is 41.1 Å². The van der Waals surface area contributed by atoms with Gasteiger partial charge in [-0.2, -0.15) is 0 Å². The molecule has 0 spiro atoms. The summed E-state index contributed by atoms with van der Waals surface area (Å²) < 4.78 is 15.5. The zero-order valence-electron chi connectivity index (χ0n) is 20.7. The number of rotatable bonds is 7. The van der Waals surface area contributed by atoms with Gasteiger partial charge in [0, 0.05) is 9.90 Å². The molecule has 2 aromatic heterocycles. The summed E-state index contributed by atoms with van der Waals surface area (Å²) in [4.78, 5) is 32.7. The molecule has 5 rings (SSSR count). The molecule has 0 amide bonds. The second-order valence-corrected chi connectivity index (χ2v) is 13.3. The van der Waals surface area contributed by atoms with E-state index in [0.29, 0.717) is 32.2 Å². The monoisotopic (exact) mass is 802 g/mol. The Hall–Kier alpha value is -2.00. The van der Waals surface area contributed by atoms with Crippen molar-refractivity contribution in [3.05, 3.63) is 113 Å². The highest BCUT2D eigenvalue weighted by atomic mass is 127. The van der Waals surface area contributed by atoms with Crippen LogP contribution in [0.5, 0.6) is 5.75 Å². The van der Waals surface area contributed by atoms with Gasteiger partial charge in [0.05, 0.1) is 29.5 Å². The standard InChI is InChI=1S/C28H21ClI2N2O4S2/c1-3-36-27(35)23-15(2)32-28-33(24(23)21-5-4-10-38-21)26(34)22(39-28)13-17-11-19(30)25(20(31)12-17)37-14-16-6-8-18(29)9-7-16/h4-13,24H,3,14H2,1-2H3/b22-13-. The molecule has 1 aliphatic heterocycles. The van der Waals surface area contributed by atoms with Crippen molar-refractivity contribution in [3.63, 3.8) is 0 Å². The molecule has 39 heavy (non-hydrogen) atoms. The number of carbonyl (C=O) groups is 1. The Bertz CT molecular complexity index is 1740. The number of esters is 1. The number of hydrogen-bond donors (Lipinski definition) is 0. The number of carbonyl (C=O) groups excluding carboxylic acids is 1. The molecule has 2 aromatic carbocycles. The lowest BCUT2D eigenvalue weighted by Crippen LogP contribution is -2.39. The Morgan fingerprint density at radius 3 is 2.54 bits per heavy atom. The number of thiophene rings is 1. The fraction of sp³-hybridized carbons (Fsp3) is 0.179. The van der Waals surface area contributed by atoms with E-state index in [1.165, 1.54) is 22.7 Å². The van der Waals surface area contributed by atoms with E-state index in [2.05, 4.69) is 50.2 Å². The average Bonchev–Trinajstić information content (AvgIpc) is 3.52. The van der Waals surface area contributed by atoms with E-state index >= 15 is 0 Å². The Labute approximate surface area is 264 Å². The molecule has 200 valence electrons. The van der Waals surface area contributed by atoms with Crippen molar-refractivity contribution in [3.8, 4) is 5.75 Å². The number of ether oxygens (including phenoxy) is 2. The average molecular weight is 803 g/mol. The summed E-state index contributed by atoms with van der Waals surface area (Å²) in [6, 6.07) is 14.8. The lowest BCUT2D eigenvalue weighted by atomic mass is 10.0. The molecule has 1 aliphatic rings. The zero-order valence-corrected chi connectivity index (χ0v) is 27.4. The Balaban J connectivity index is 1.52. The molecule has 0 bridgehead atoms. The van der Waals surface area contributed by atoms with Crippen molar-refractivity contribution in [1.29, 1.82) is 0 Å². The summed E-state index contributed by atoms with van der Waals surface area (Å²) in [6.45, 7) is 4.22. The number of aromatic nitrogens is 1. The van der Waals surface area contributed by atoms with Gasteiger partial charge in [0.1, 0.15) is 18.4 Å². The van der Waals surface area contributed by atoms with E-state index in [1.54, 1.807) is 18.4 Å². The highest BCUT2D eigenvalue weighted by molar-refractivity contribution is 14.1. The van der Waals surface area contributed by atoms with Gasteiger partial charge in [0.15, 0.2) is 4.80 Å². The predicted molar refractivity (Wildman–Crippen MR) is 172 cm³/mol. The van der Waals surface area contributed by atoms with E-state index in [0.717, 1.165) is 28.9 Å². The van der Waals surface area contributed by atoms with Gasteiger partial charge in [-0.05, 0) is 112 Å². The fourth-order valence-electron chi connectivity index (χ4n) is 4.20. The van der Waals surface area contributed by atoms with Gasteiger partial charge in [-0.25, -0.2) is 9.79 Å². The van der Waals surface area contributed by atoms with Crippen LogP contribution >= 0.6 is 79.5 Å². The summed E-state index contributed by atoms with van der Waals surface area (Å²) in [5.74, 6) is 0.335. The molecule has 1 unspecified atom stereocenters. The molecule has 0 saturated carbocycles. The molecular weight excluding hydrogens is 782 g/mol. The largest absolute Gasteiger partial charge is 0.487 e. The molecule has 0 radical (unpaired) electrons. The molecule has 0 saturated heterocycles. The Kier molecular flexibility index (Phi) is 8.96. The summed E-state index contributed by atoms with van der Waals surface area (Å²) in [6.07, 6.45) is 1.87. The maximum absolute atomic E-state index is 13.8. The number of halogens is 3. The first kappa shape index (κ1) is 28.5. The maximum atomic E-state index is 13.8. The van der Waals surface area contributed by atoms with Gasteiger partial charge in [0.2, 0.25) is 0 Å². The quantitative estimate of drug-likeness (QED) is 0.163. The number of benzene rings is 2. The van der Waals surface area contributed by atoms with Gasteiger partial charge >= 0.3 is 5.97 Å². The predicted octanol–water partition coefficient (Wildman–Crippen LogP) is 6.30. The van der Waals surface area contributed by atoms with Crippen LogP contribution in [0.1, 0.15) is 35.9 Å². The number of hydrogen-bond acceptors (Lipinski definition) is 7. The first-order chi connectivity index (χ1) is 18.8. The van der Waals surface area contributed by atoms with Gasteiger partial charge in [0.25, 0.3) is 5.56 Å². The minimum Gasteiger partial charge on any atom is -0.487 e. The topological polar surface area (TPSA) is 69.9 Å². The van der Waals surface area contributed by atoms with Crippen LogP contribution in [-0.4, -0.2) is 17.1 Å². The number of fused-ring (bicyclic) bond motifs is 1. The van der Waals surface area contributed by atoms with Crippen LogP contribution in [0, 0.1) is 7.14 Å². The van der Waals surface area contributed by atoms with Crippen molar-refractivity contribution in [2.24, 2.45) is 4.99 Å². The van der Waals surface area contributed by atoms with E-state index in [4.69, 9.17) is 21.1 Å². The van der Waals surface area contributed by atoms with Crippen LogP contribution in [0.25, 0.3) is 6.08 Å². The molecule has 4 aromatic rings. The van der Waals surface area contributed by atoms with Crippen LogP contribution in [0.4, 0.5) is 0 Å². The molecule has 1 atom stereocenters. The minimum absolute atomic E-state index is 0.195. The van der Waals surface area contributed by atoms with Crippen molar-refractivity contribution in [2.75, 3.05) is 6.61 Å². The maximum Gasteiger partial charge on any atom is 0.338 e. The molecular formula is C28H21ClI2N2O4S2. The van der Waals surface area contributed by atoms with Crippen molar-refractivity contribution in [1.82, 2.24) is 4.57 Å². The molecule has 0 aliphatic carbocycles. The number of thiazole rings is 1. The zero-order chi connectivity index (χ0) is 27.7. The van der Waals surface area contributed by atoms with Crippen LogP contribution in [0.3, 0.4) is 0 Å². The van der Waals surface area contributed by atoms with Crippen molar-refractivity contribution in [2.45, 2.75) is 26.5 Å². The van der Waals surface area contributed by atoms with Crippen LogP contribution in [0.15, 0.2) is 75.0 Å². The van der Waals surface area contributed by atoms with Crippen LogP contribution < -0.4 is 19.6 Å². The van der Waals surface area contributed by atoms with Crippen molar-refractivity contribution < 1.29 is 14.3 Å². The summed E-state index contributed by atoms with van der Waals surface area (Å²) in [5.41, 5.74) is 2.66. The molecule has 6 nitrogen and oxygen atoms in total. The highest BCUT2D eigenvalue weighted by Crippen LogP contribution is 2.33. The SMILES string of the molecule is CCOC(=O)C1=C(C)N=c2s/c(=C\c3cc(I)c(OCc4ccc(Cl)cc4)c(I)c3)c(=O)n2C1c1cccs1. The van der Waals surface area contributed by atoms with Gasteiger partial charge < -0.3 is 9.47 Å². The third-order valence-electron chi connectivity index (χ3n) is 5.94. The normalized spacial score (nSPS) is 15.2. The lowest BCUT2D eigenvalue weighted by molar-refractivity contribution is -0.139. The minimum atomic E-state index is -0.577. The van der Waals surface area contributed by atoms with E-state index in [9.17, 15) is 9.59 Å². The summed E-state index contributed by atoms with van der Waals surface area (Å²) >= 11 is 13.3. The highest BCUT2D eigenvalue weighted by Gasteiger charge is 2.33. The van der Waals surface area contributed by atoms with Gasteiger partial charge in [-0.15, -0.1) is 11.3 Å². The number of nitrogens with zero attached hydrogens (tertiary/aromatic N) is 2. The Morgan fingerprint density at radius 1 is 1.18 bits per heavy atom. The summed E-state index contributed by atoms with van der Waals surface area (Å²) in [5, 5.41) is 2.62. The smallest absolute Gasteiger partial charge is 0.338 e. The lowest BCUT2D eigenvalue weighted by Gasteiger charge is -2.23. The first-order valence-corrected chi connectivity index (χ1v) is 16.1. The first-order valence-electron chi connectivity index (χ1n) is 11.9. The molecule has 0 fully saturated rings.